The highest BCUT2D eigenvalue weighted by Crippen LogP contribution is 2.37. The van der Waals surface area contributed by atoms with Crippen LogP contribution in [0, 0.1) is 11.6 Å². The minimum Gasteiger partial charge on any atom is -0.223 e. The molecule has 0 aliphatic heterocycles. The first kappa shape index (κ1) is 20.6. The van der Waals surface area contributed by atoms with Crippen LogP contribution in [0.3, 0.4) is 0 Å². The molecule has 0 bridgehead atoms. The molecule has 5 nitrogen and oxygen atoms in total. The van der Waals surface area contributed by atoms with Crippen LogP contribution in [0.25, 0.3) is 10.6 Å². The molecule has 0 N–H and O–H groups in total. The van der Waals surface area contributed by atoms with Crippen molar-refractivity contribution in [1.29, 1.82) is 0 Å². The molecule has 3 aromatic rings. The molecule has 0 fully saturated rings. The molecular weight excluding hydrogens is 428 g/mol. The Labute approximate surface area is 165 Å². The minimum absolute atomic E-state index is 0.0647. The Morgan fingerprint density at radius 1 is 0.964 bits per heavy atom. The second kappa shape index (κ2) is 7.69. The van der Waals surface area contributed by atoms with Gasteiger partial charge in [0.05, 0.1) is 10.6 Å². The second-order valence-electron chi connectivity index (χ2n) is 5.90. The maximum absolute atomic E-state index is 13.6. The molecule has 0 amide bonds. The normalized spacial score (nSPS) is 12.2. The number of nitrogens with zero attached hydrogens (tertiary/aromatic N) is 1. The molecule has 0 atom stereocenters. The van der Waals surface area contributed by atoms with Gasteiger partial charge >= 0.3 is 0 Å². The van der Waals surface area contributed by atoms with E-state index < -0.39 is 40.5 Å². The van der Waals surface area contributed by atoms with Crippen molar-refractivity contribution in [2.24, 2.45) is 0 Å². The van der Waals surface area contributed by atoms with Crippen LogP contribution in [0.1, 0.15) is 13.3 Å². The topological polar surface area (TPSA) is 81.2 Å². The lowest BCUT2D eigenvalue weighted by molar-refractivity contribution is 0.580. The van der Waals surface area contributed by atoms with Gasteiger partial charge in [-0.3, -0.25) is 0 Å². The molecular formula is C18H15F2NO4S3. The van der Waals surface area contributed by atoms with E-state index in [9.17, 15) is 25.6 Å². The van der Waals surface area contributed by atoms with Gasteiger partial charge in [0.2, 0.25) is 9.84 Å². The molecule has 0 radical (unpaired) electrons. The first-order valence-electron chi connectivity index (χ1n) is 8.15. The van der Waals surface area contributed by atoms with E-state index in [1.807, 2.05) is 0 Å². The maximum Gasteiger partial charge on any atom is 0.226 e. The first-order chi connectivity index (χ1) is 13.1. The molecule has 0 unspecified atom stereocenters. The maximum atomic E-state index is 13.6. The average Bonchev–Trinajstić information content (AvgIpc) is 3.09. The van der Waals surface area contributed by atoms with Crippen LogP contribution in [-0.2, 0) is 19.7 Å². The van der Waals surface area contributed by atoms with E-state index in [4.69, 9.17) is 0 Å². The van der Waals surface area contributed by atoms with Crippen molar-refractivity contribution >= 4 is 31.0 Å². The first-order valence-corrected chi connectivity index (χ1v) is 12.1. The van der Waals surface area contributed by atoms with Crippen LogP contribution in [0.15, 0.2) is 62.7 Å². The number of benzene rings is 2. The second-order valence-corrected chi connectivity index (χ2v) is 11.1. The predicted octanol–water partition coefficient (Wildman–Crippen LogP) is 4.10. The fraction of sp³-hybridized carbons (Fsp3) is 0.167. The van der Waals surface area contributed by atoms with Crippen molar-refractivity contribution in [3.8, 4) is 10.6 Å². The lowest BCUT2D eigenvalue weighted by Crippen LogP contribution is -2.11. The highest BCUT2D eigenvalue weighted by Gasteiger charge is 2.33. The summed E-state index contributed by atoms with van der Waals surface area (Å²) in [6.07, 6.45) is 0.283. The van der Waals surface area contributed by atoms with Crippen molar-refractivity contribution in [2.75, 3.05) is 5.75 Å². The van der Waals surface area contributed by atoms with Gasteiger partial charge in [-0.1, -0.05) is 19.1 Å². The Morgan fingerprint density at radius 3 is 2.25 bits per heavy atom. The lowest BCUT2D eigenvalue weighted by atomic mass is 10.2. The molecule has 0 spiro atoms. The van der Waals surface area contributed by atoms with Crippen LogP contribution < -0.4 is 0 Å². The van der Waals surface area contributed by atoms with Crippen LogP contribution in [0.2, 0.25) is 0 Å². The summed E-state index contributed by atoms with van der Waals surface area (Å²) in [4.78, 5) is 3.75. The molecule has 10 heteroatoms. The summed E-state index contributed by atoms with van der Waals surface area (Å²) in [6, 6.07) is 9.29. The Kier molecular flexibility index (Phi) is 5.64. The smallest absolute Gasteiger partial charge is 0.223 e. The van der Waals surface area contributed by atoms with Gasteiger partial charge in [-0.2, -0.15) is 0 Å². The van der Waals surface area contributed by atoms with Gasteiger partial charge in [-0.15, -0.1) is 11.3 Å². The zero-order valence-corrected chi connectivity index (χ0v) is 17.0. The van der Waals surface area contributed by atoms with Crippen LogP contribution in [0.5, 0.6) is 0 Å². The summed E-state index contributed by atoms with van der Waals surface area (Å²) < 4.78 is 77.7. The van der Waals surface area contributed by atoms with Crippen LogP contribution in [-0.4, -0.2) is 27.6 Å². The third-order valence-electron chi connectivity index (χ3n) is 3.77. The third-order valence-corrected chi connectivity index (χ3v) is 9.34. The lowest BCUT2D eigenvalue weighted by Gasteiger charge is -2.05. The molecule has 0 aliphatic carbocycles. The fourth-order valence-corrected chi connectivity index (χ4v) is 7.58. The number of halogens is 2. The van der Waals surface area contributed by atoms with Crippen molar-refractivity contribution in [1.82, 2.24) is 4.98 Å². The molecule has 0 aliphatic rings. The quantitative estimate of drug-likeness (QED) is 0.536. The monoisotopic (exact) mass is 443 g/mol. The summed E-state index contributed by atoms with van der Waals surface area (Å²) in [6.45, 7) is 1.65. The molecule has 0 saturated carbocycles. The van der Waals surface area contributed by atoms with E-state index in [1.165, 1.54) is 18.2 Å². The molecule has 1 heterocycles. The van der Waals surface area contributed by atoms with Gasteiger partial charge in [0.15, 0.2) is 19.1 Å². The Bertz CT molecular complexity index is 1220. The van der Waals surface area contributed by atoms with Crippen molar-refractivity contribution in [2.45, 2.75) is 27.5 Å². The number of aromatic nitrogens is 1. The van der Waals surface area contributed by atoms with E-state index in [2.05, 4.69) is 4.98 Å². The highest BCUT2D eigenvalue weighted by molar-refractivity contribution is 7.96. The molecule has 28 heavy (non-hydrogen) atoms. The summed E-state index contributed by atoms with van der Waals surface area (Å²) in [7, 11) is -8.25. The Balaban J connectivity index is 2.25. The summed E-state index contributed by atoms with van der Waals surface area (Å²) >= 11 is 0.674. The minimum atomic E-state index is -4.33. The van der Waals surface area contributed by atoms with Gasteiger partial charge < -0.3 is 0 Å². The Hall–Kier alpha value is -2.17. The largest absolute Gasteiger partial charge is 0.226 e. The van der Waals surface area contributed by atoms with Crippen molar-refractivity contribution < 1.29 is 25.6 Å². The zero-order valence-electron chi connectivity index (χ0n) is 14.6. The molecule has 0 saturated heterocycles. The standard InChI is InChI=1S/C18H15F2NO4S3/c1-2-10-27(22,23)18-17(28(24,25)15-8-6-13(19)7-9-15)21-16(26-18)12-4-3-5-14(20)11-12/h3-9,11H,2,10H2,1H3. The summed E-state index contributed by atoms with van der Waals surface area (Å²) in [5.41, 5.74) is 0.263. The van der Waals surface area contributed by atoms with E-state index in [0.717, 1.165) is 30.3 Å². The predicted molar refractivity (Wildman–Crippen MR) is 102 cm³/mol. The SMILES string of the molecule is CCCS(=O)(=O)c1sc(-c2cccc(F)c2)nc1S(=O)(=O)c1ccc(F)cc1. The number of rotatable bonds is 6. The van der Waals surface area contributed by atoms with Crippen LogP contribution in [0.4, 0.5) is 8.78 Å². The number of sulfone groups is 2. The fourth-order valence-electron chi connectivity index (χ4n) is 2.49. The number of hydrogen-bond donors (Lipinski definition) is 0. The highest BCUT2D eigenvalue weighted by atomic mass is 32.2. The van der Waals surface area contributed by atoms with Gasteiger partial charge in [-0.25, -0.2) is 30.6 Å². The number of thiazole rings is 1. The molecule has 2 aromatic carbocycles. The van der Waals surface area contributed by atoms with E-state index in [-0.39, 0.29) is 27.6 Å². The van der Waals surface area contributed by atoms with E-state index in [1.54, 1.807) is 6.92 Å². The van der Waals surface area contributed by atoms with Gasteiger partial charge in [-0.05, 0) is 42.8 Å². The van der Waals surface area contributed by atoms with Gasteiger partial charge in [0.1, 0.15) is 16.6 Å². The van der Waals surface area contributed by atoms with E-state index >= 15 is 0 Å². The average molecular weight is 444 g/mol. The summed E-state index contributed by atoms with van der Waals surface area (Å²) in [5, 5.41) is -0.563. The van der Waals surface area contributed by atoms with Crippen LogP contribution >= 0.6 is 11.3 Å². The molecule has 3 rings (SSSR count). The molecule has 1 aromatic heterocycles. The number of hydrogen-bond acceptors (Lipinski definition) is 6. The summed E-state index contributed by atoms with van der Waals surface area (Å²) in [5.74, 6) is -1.45. The third kappa shape index (κ3) is 3.98. The van der Waals surface area contributed by atoms with Gasteiger partial charge in [0, 0.05) is 5.56 Å². The Morgan fingerprint density at radius 2 is 1.64 bits per heavy atom. The molecule has 148 valence electrons. The van der Waals surface area contributed by atoms with Crippen molar-refractivity contribution in [3.63, 3.8) is 0 Å². The van der Waals surface area contributed by atoms with Crippen molar-refractivity contribution in [3.05, 3.63) is 60.2 Å². The zero-order chi connectivity index (χ0) is 20.5. The van der Waals surface area contributed by atoms with Gasteiger partial charge in [0.25, 0.3) is 0 Å². The van der Waals surface area contributed by atoms with E-state index in [0.29, 0.717) is 11.3 Å².